The number of Topliss-reactive ketones (excluding diaryl/α,β-unsaturated/α-hetero) is 1. The number of carbonyl (C=O) groups is 1. The molecule has 1 unspecified atom stereocenters. The van der Waals surface area contributed by atoms with Crippen LogP contribution in [0.4, 0.5) is 0 Å². The molecule has 0 radical (unpaired) electrons. The highest BCUT2D eigenvalue weighted by atomic mass is 31.2. The largest absolute Gasteiger partial charge is 0.330 e. The maximum Gasteiger partial charge on any atom is 0.330 e. The molecule has 0 aliphatic carbocycles. The first-order valence-electron chi connectivity index (χ1n) is 6.27. The van der Waals surface area contributed by atoms with Crippen molar-refractivity contribution in [2.45, 2.75) is 59.0 Å². The number of unbranched alkanes of at least 4 members (excludes halogenated alkanes) is 2. The zero-order valence-corrected chi connectivity index (χ0v) is 12.2. The first-order chi connectivity index (χ1) is 7.77. The van der Waals surface area contributed by atoms with Gasteiger partial charge in [0.1, 0.15) is 5.78 Å². The first-order valence-corrected chi connectivity index (χ1v) is 7.91. The summed E-state index contributed by atoms with van der Waals surface area (Å²) in [4.78, 5) is 20.7. The molecule has 0 aromatic rings. The predicted octanol–water partition coefficient (Wildman–Crippen LogP) is 3.38. The second-order valence-corrected chi connectivity index (χ2v) is 7.34. The molecular weight excluding hydrogens is 239 g/mol. The van der Waals surface area contributed by atoms with Gasteiger partial charge in [0, 0.05) is 12.3 Å². The molecule has 1 atom stereocenters. The molecule has 102 valence electrons. The monoisotopic (exact) mass is 264 g/mol. The summed E-state index contributed by atoms with van der Waals surface area (Å²) < 4.78 is 16.4. The smallest absolute Gasteiger partial charge is 0.324 e. The van der Waals surface area contributed by atoms with Crippen molar-refractivity contribution in [3.8, 4) is 0 Å². The van der Waals surface area contributed by atoms with Gasteiger partial charge in [0.25, 0.3) is 0 Å². The van der Waals surface area contributed by atoms with Crippen LogP contribution < -0.4 is 0 Å². The Kier molecular flexibility index (Phi) is 7.93. The Labute approximate surface area is 104 Å². The zero-order valence-electron chi connectivity index (χ0n) is 11.3. The lowest BCUT2D eigenvalue weighted by atomic mass is 10.0. The van der Waals surface area contributed by atoms with Crippen LogP contribution in [0.3, 0.4) is 0 Å². The topological polar surface area (TPSA) is 63.6 Å². The van der Waals surface area contributed by atoms with Crippen LogP contribution in [0.1, 0.15) is 53.4 Å². The van der Waals surface area contributed by atoms with Gasteiger partial charge in [-0.2, -0.15) is 0 Å². The van der Waals surface area contributed by atoms with E-state index in [2.05, 4.69) is 0 Å². The minimum atomic E-state index is -3.41. The predicted molar refractivity (Wildman–Crippen MR) is 69.2 cm³/mol. The quantitative estimate of drug-likeness (QED) is 0.512. The summed E-state index contributed by atoms with van der Waals surface area (Å²) in [6.07, 6.45) is 3.01. The molecule has 5 heteroatoms. The lowest BCUT2D eigenvalue weighted by molar-refractivity contribution is -0.122. The van der Waals surface area contributed by atoms with Gasteiger partial charge >= 0.3 is 7.60 Å². The van der Waals surface area contributed by atoms with Crippen molar-refractivity contribution in [3.05, 3.63) is 0 Å². The summed E-state index contributed by atoms with van der Waals surface area (Å²) in [5, 5.41) is 0. The van der Waals surface area contributed by atoms with Crippen molar-refractivity contribution in [1.82, 2.24) is 0 Å². The maximum absolute atomic E-state index is 11.4. The third-order valence-electron chi connectivity index (χ3n) is 2.64. The number of hydrogen-bond acceptors (Lipinski definition) is 3. The van der Waals surface area contributed by atoms with Gasteiger partial charge in [-0.25, -0.2) is 0 Å². The number of rotatable bonds is 9. The maximum atomic E-state index is 11.4. The van der Waals surface area contributed by atoms with Gasteiger partial charge in [-0.1, -0.05) is 34.1 Å². The van der Waals surface area contributed by atoms with E-state index in [0.717, 1.165) is 19.3 Å². The van der Waals surface area contributed by atoms with Crippen LogP contribution in [-0.2, 0) is 13.9 Å². The van der Waals surface area contributed by atoms with Crippen molar-refractivity contribution in [2.75, 3.05) is 6.61 Å². The van der Waals surface area contributed by atoms with Gasteiger partial charge in [0.2, 0.25) is 0 Å². The van der Waals surface area contributed by atoms with Crippen molar-refractivity contribution < 1.29 is 18.8 Å². The molecule has 0 fully saturated rings. The van der Waals surface area contributed by atoms with Crippen LogP contribution in [0.2, 0.25) is 0 Å². The van der Waals surface area contributed by atoms with E-state index in [9.17, 15) is 14.3 Å². The molecule has 0 aromatic carbocycles. The third-order valence-corrected chi connectivity index (χ3v) is 4.50. The van der Waals surface area contributed by atoms with Crippen molar-refractivity contribution in [2.24, 2.45) is 5.92 Å². The Bertz CT molecular complexity index is 274. The standard InChI is InChI=1S/C12H25O4P/c1-10(2)12(13)8-6-5-7-9-16-17(14,15)11(3)4/h10-11H,5-9H2,1-4H3,(H,14,15). The molecule has 0 aliphatic heterocycles. The van der Waals surface area contributed by atoms with E-state index in [1.165, 1.54) is 0 Å². The van der Waals surface area contributed by atoms with Crippen molar-refractivity contribution in [3.63, 3.8) is 0 Å². The van der Waals surface area contributed by atoms with Crippen LogP contribution in [0, 0.1) is 5.92 Å². The SMILES string of the molecule is CC(C)C(=O)CCCCCOP(=O)(O)C(C)C. The fourth-order valence-corrected chi connectivity index (χ4v) is 1.90. The summed E-state index contributed by atoms with van der Waals surface area (Å²) in [7, 11) is -3.41. The van der Waals surface area contributed by atoms with Crippen molar-refractivity contribution in [1.29, 1.82) is 0 Å². The Morgan fingerprint density at radius 2 is 1.76 bits per heavy atom. The number of ketones is 1. The second-order valence-electron chi connectivity index (χ2n) is 4.92. The zero-order chi connectivity index (χ0) is 13.5. The van der Waals surface area contributed by atoms with Gasteiger partial charge in [-0.3, -0.25) is 9.36 Å². The van der Waals surface area contributed by atoms with E-state index >= 15 is 0 Å². The van der Waals surface area contributed by atoms with E-state index in [1.54, 1.807) is 13.8 Å². The van der Waals surface area contributed by atoms with E-state index in [1.807, 2.05) is 13.8 Å². The molecule has 4 nitrogen and oxygen atoms in total. The molecule has 0 aromatic heterocycles. The van der Waals surface area contributed by atoms with Gasteiger partial charge in [0.05, 0.1) is 12.3 Å². The van der Waals surface area contributed by atoms with Gasteiger partial charge < -0.3 is 9.42 Å². The Hall–Kier alpha value is -0.180. The van der Waals surface area contributed by atoms with Crippen LogP contribution in [-0.4, -0.2) is 22.9 Å². The first kappa shape index (κ1) is 16.8. The molecule has 0 aliphatic rings. The van der Waals surface area contributed by atoms with Gasteiger partial charge in [0.15, 0.2) is 0 Å². The van der Waals surface area contributed by atoms with E-state index in [4.69, 9.17) is 4.52 Å². The van der Waals surface area contributed by atoms with E-state index < -0.39 is 7.60 Å². The Morgan fingerprint density at radius 3 is 2.24 bits per heavy atom. The summed E-state index contributed by atoms with van der Waals surface area (Å²) in [5.74, 6) is 0.380. The highest BCUT2D eigenvalue weighted by Crippen LogP contribution is 2.46. The summed E-state index contributed by atoms with van der Waals surface area (Å²) in [5.41, 5.74) is -0.356. The minimum Gasteiger partial charge on any atom is -0.324 e. The molecule has 0 spiro atoms. The summed E-state index contributed by atoms with van der Waals surface area (Å²) >= 11 is 0. The van der Waals surface area contributed by atoms with Crippen LogP contribution in [0.5, 0.6) is 0 Å². The Morgan fingerprint density at radius 1 is 1.18 bits per heavy atom. The third kappa shape index (κ3) is 7.69. The van der Waals surface area contributed by atoms with Crippen LogP contribution >= 0.6 is 7.60 Å². The van der Waals surface area contributed by atoms with Crippen LogP contribution in [0.15, 0.2) is 0 Å². The molecule has 0 saturated heterocycles. The van der Waals surface area contributed by atoms with Gasteiger partial charge in [-0.15, -0.1) is 0 Å². The molecule has 1 N–H and O–H groups in total. The molecule has 0 heterocycles. The molecule has 0 rings (SSSR count). The molecule has 17 heavy (non-hydrogen) atoms. The average molecular weight is 264 g/mol. The van der Waals surface area contributed by atoms with Crippen molar-refractivity contribution >= 4 is 13.4 Å². The minimum absolute atomic E-state index is 0.102. The lowest BCUT2D eigenvalue weighted by Crippen LogP contribution is -2.06. The number of hydrogen-bond donors (Lipinski definition) is 1. The summed E-state index contributed by atoms with van der Waals surface area (Å²) in [6, 6.07) is 0. The molecular formula is C12H25O4P. The molecule has 0 saturated carbocycles. The fourth-order valence-electron chi connectivity index (χ4n) is 1.21. The highest BCUT2D eigenvalue weighted by Gasteiger charge is 2.23. The molecule has 0 amide bonds. The number of carbonyl (C=O) groups excluding carboxylic acids is 1. The lowest BCUT2D eigenvalue weighted by Gasteiger charge is -2.15. The Balaban J connectivity index is 3.54. The van der Waals surface area contributed by atoms with Gasteiger partial charge in [-0.05, 0) is 12.8 Å². The average Bonchev–Trinajstić information content (AvgIpc) is 2.22. The summed E-state index contributed by atoms with van der Waals surface area (Å²) in [6.45, 7) is 7.43. The fraction of sp³-hybridized carbons (Fsp3) is 0.917. The highest BCUT2D eigenvalue weighted by molar-refractivity contribution is 7.53. The second kappa shape index (κ2) is 8.02. The van der Waals surface area contributed by atoms with Crippen LogP contribution in [0.25, 0.3) is 0 Å². The van der Waals surface area contributed by atoms with E-state index in [0.29, 0.717) is 13.0 Å². The molecule has 0 bridgehead atoms. The van der Waals surface area contributed by atoms with E-state index in [-0.39, 0.29) is 17.4 Å². The normalized spacial score (nSPS) is 15.2.